The smallest absolute Gasteiger partial charge is 0.481 e. The van der Waals surface area contributed by atoms with Crippen LogP contribution in [0.2, 0.25) is 0 Å². The Morgan fingerprint density at radius 2 is 1.73 bits per heavy atom. The third-order valence-electron chi connectivity index (χ3n) is 2.79. The Morgan fingerprint density at radius 1 is 1.09 bits per heavy atom. The molecule has 116 valence electrons. The fourth-order valence-corrected chi connectivity index (χ4v) is 1.91. The normalized spacial score (nSPS) is 11.3. The molecule has 0 saturated carbocycles. The van der Waals surface area contributed by atoms with E-state index in [1.165, 1.54) is 24.3 Å². The summed E-state index contributed by atoms with van der Waals surface area (Å²) < 4.78 is 53.8. The highest BCUT2D eigenvalue weighted by Crippen LogP contribution is 2.28. The standard InChI is InChI=1S/C15H10F4O3/c16-13-7-9(8-14(20)21)1-6-12(13)10-2-4-11(5-3-10)22-15(17,18)19/h1-7H,8H2,(H,20,21). The SMILES string of the molecule is O=C(O)Cc1ccc(-c2ccc(OC(F)(F)F)cc2)c(F)c1. The number of halogens is 4. The van der Waals surface area contributed by atoms with Crippen LogP contribution in [0.15, 0.2) is 42.5 Å². The number of carboxylic acid groups (broad SMARTS) is 1. The number of rotatable bonds is 4. The molecule has 0 unspecified atom stereocenters. The molecule has 7 heteroatoms. The van der Waals surface area contributed by atoms with Crippen molar-refractivity contribution in [3.8, 4) is 16.9 Å². The first-order valence-corrected chi connectivity index (χ1v) is 6.11. The molecule has 0 aliphatic rings. The molecule has 0 fully saturated rings. The average molecular weight is 314 g/mol. The Labute approximate surface area is 122 Å². The minimum Gasteiger partial charge on any atom is -0.481 e. The van der Waals surface area contributed by atoms with E-state index in [9.17, 15) is 22.4 Å². The van der Waals surface area contributed by atoms with Crippen LogP contribution in [-0.2, 0) is 11.2 Å². The molecule has 22 heavy (non-hydrogen) atoms. The highest BCUT2D eigenvalue weighted by molar-refractivity contribution is 5.71. The molecule has 3 nitrogen and oxygen atoms in total. The zero-order valence-electron chi connectivity index (χ0n) is 11.0. The molecule has 0 atom stereocenters. The van der Waals surface area contributed by atoms with E-state index in [0.29, 0.717) is 11.1 Å². The summed E-state index contributed by atoms with van der Waals surface area (Å²) in [5.74, 6) is -2.14. The third-order valence-corrected chi connectivity index (χ3v) is 2.79. The van der Waals surface area contributed by atoms with E-state index in [2.05, 4.69) is 4.74 Å². The van der Waals surface area contributed by atoms with Crippen molar-refractivity contribution in [2.45, 2.75) is 12.8 Å². The van der Waals surface area contributed by atoms with Crippen molar-refractivity contribution in [1.82, 2.24) is 0 Å². The molecule has 0 amide bonds. The minimum absolute atomic E-state index is 0.160. The lowest BCUT2D eigenvalue weighted by atomic mass is 10.0. The molecule has 2 rings (SSSR count). The van der Waals surface area contributed by atoms with E-state index in [4.69, 9.17) is 5.11 Å². The zero-order valence-corrected chi connectivity index (χ0v) is 11.0. The molecule has 1 N–H and O–H groups in total. The van der Waals surface area contributed by atoms with Crippen LogP contribution in [0.1, 0.15) is 5.56 Å². The van der Waals surface area contributed by atoms with E-state index < -0.39 is 23.9 Å². The van der Waals surface area contributed by atoms with Crippen molar-refractivity contribution in [3.05, 3.63) is 53.8 Å². The van der Waals surface area contributed by atoms with Gasteiger partial charge in [0.05, 0.1) is 6.42 Å². The first-order valence-electron chi connectivity index (χ1n) is 6.11. The van der Waals surface area contributed by atoms with E-state index in [0.717, 1.165) is 18.2 Å². The van der Waals surface area contributed by atoms with Crippen LogP contribution >= 0.6 is 0 Å². The van der Waals surface area contributed by atoms with Gasteiger partial charge in [0.2, 0.25) is 0 Å². The molecular formula is C15H10F4O3. The van der Waals surface area contributed by atoms with Gasteiger partial charge in [0.25, 0.3) is 0 Å². The number of carbonyl (C=O) groups is 1. The maximum atomic E-state index is 14.0. The Kier molecular flexibility index (Phi) is 4.35. The summed E-state index contributed by atoms with van der Waals surface area (Å²) in [5, 5.41) is 8.64. The number of hydrogen-bond donors (Lipinski definition) is 1. The van der Waals surface area contributed by atoms with Crippen molar-refractivity contribution in [3.63, 3.8) is 0 Å². The first kappa shape index (κ1) is 15.8. The van der Waals surface area contributed by atoms with Crippen molar-refractivity contribution >= 4 is 5.97 Å². The molecule has 0 aliphatic carbocycles. The zero-order chi connectivity index (χ0) is 16.3. The van der Waals surface area contributed by atoms with Crippen LogP contribution in [-0.4, -0.2) is 17.4 Å². The van der Waals surface area contributed by atoms with Crippen molar-refractivity contribution in [2.75, 3.05) is 0 Å². The van der Waals surface area contributed by atoms with Gasteiger partial charge in [-0.1, -0.05) is 24.3 Å². The van der Waals surface area contributed by atoms with E-state index in [1.807, 2.05) is 0 Å². The molecule has 0 bridgehead atoms. The predicted octanol–water partition coefficient (Wildman–Crippen LogP) is 4.02. The lowest BCUT2D eigenvalue weighted by molar-refractivity contribution is -0.274. The molecular weight excluding hydrogens is 304 g/mol. The summed E-state index contributed by atoms with van der Waals surface area (Å²) in [4.78, 5) is 10.6. The Bertz CT molecular complexity index is 678. The summed E-state index contributed by atoms with van der Waals surface area (Å²) in [6.45, 7) is 0. The Morgan fingerprint density at radius 3 is 2.23 bits per heavy atom. The lowest BCUT2D eigenvalue weighted by Crippen LogP contribution is -2.16. The molecule has 2 aromatic rings. The van der Waals surface area contributed by atoms with Crippen LogP contribution in [0.25, 0.3) is 11.1 Å². The molecule has 0 spiro atoms. The second-order valence-electron chi connectivity index (χ2n) is 4.46. The summed E-state index contributed by atoms with van der Waals surface area (Å²) >= 11 is 0. The highest BCUT2D eigenvalue weighted by atomic mass is 19.4. The second-order valence-corrected chi connectivity index (χ2v) is 4.46. The van der Waals surface area contributed by atoms with Crippen LogP contribution in [0.4, 0.5) is 17.6 Å². The molecule has 2 aromatic carbocycles. The minimum atomic E-state index is -4.79. The average Bonchev–Trinajstić information content (AvgIpc) is 2.37. The summed E-state index contributed by atoms with van der Waals surface area (Å²) in [5.41, 5.74) is 0.812. The van der Waals surface area contributed by atoms with Gasteiger partial charge < -0.3 is 9.84 Å². The number of aliphatic carboxylic acids is 1. The van der Waals surface area contributed by atoms with E-state index >= 15 is 0 Å². The fourth-order valence-electron chi connectivity index (χ4n) is 1.91. The Balaban J connectivity index is 2.23. The van der Waals surface area contributed by atoms with Gasteiger partial charge in [-0.15, -0.1) is 13.2 Å². The van der Waals surface area contributed by atoms with Crippen molar-refractivity contribution in [2.24, 2.45) is 0 Å². The lowest BCUT2D eigenvalue weighted by Gasteiger charge is -2.10. The van der Waals surface area contributed by atoms with E-state index in [1.54, 1.807) is 0 Å². The number of carboxylic acids is 1. The highest BCUT2D eigenvalue weighted by Gasteiger charge is 2.30. The molecule has 0 aromatic heterocycles. The number of ether oxygens (including phenoxy) is 1. The summed E-state index contributed by atoms with van der Waals surface area (Å²) in [6.07, 6.45) is -5.10. The van der Waals surface area contributed by atoms with Gasteiger partial charge in [-0.3, -0.25) is 4.79 Å². The molecule has 0 saturated heterocycles. The van der Waals surface area contributed by atoms with Crippen LogP contribution in [0, 0.1) is 5.82 Å². The molecule has 0 heterocycles. The van der Waals surface area contributed by atoms with Gasteiger partial charge >= 0.3 is 12.3 Å². The van der Waals surface area contributed by atoms with Gasteiger partial charge in [-0.2, -0.15) is 0 Å². The van der Waals surface area contributed by atoms with Gasteiger partial charge in [0.15, 0.2) is 0 Å². The first-order chi connectivity index (χ1) is 10.2. The number of hydrogen-bond acceptors (Lipinski definition) is 2. The topological polar surface area (TPSA) is 46.5 Å². The summed E-state index contributed by atoms with van der Waals surface area (Å²) in [6, 6.07) is 8.65. The monoisotopic (exact) mass is 314 g/mol. The maximum Gasteiger partial charge on any atom is 0.573 e. The fraction of sp³-hybridized carbons (Fsp3) is 0.133. The quantitative estimate of drug-likeness (QED) is 0.867. The summed E-state index contributed by atoms with van der Waals surface area (Å²) in [7, 11) is 0. The largest absolute Gasteiger partial charge is 0.573 e. The predicted molar refractivity (Wildman–Crippen MR) is 69.9 cm³/mol. The van der Waals surface area contributed by atoms with Gasteiger partial charge in [-0.05, 0) is 29.3 Å². The van der Waals surface area contributed by atoms with Crippen LogP contribution in [0.3, 0.4) is 0 Å². The van der Waals surface area contributed by atoms with Crippen LogP contribution in [0.5, 0.6) is 5.75 Å². The second kappa shape index (κ2) is 6.05. The van der Waals surface area contributed by atoms with E-state index in [-0.39, 0.29) is 12.0 Å². The van der Waals surface area contributed by atoms with Gasteiger partial charge in [0, 0.05) is 5.56 Å². The third kappa shape index (κ3) is 4.21. The number of benzene rings is 2. The van der Waals surface area contributed by atoms with Gasteiger partial charge in [0.1, 0.15) is 11.6 Å². The van der Waals surface area contributed by atoms with Crippen molar-refractivity contribution < 1.29 is 32.2 Å². The van der Waals surface area contributed by atoms with Crippen molar-refractivity contribution in [1.29, 1.82) is 0 Å². The van der Waals surface area contributed by atoms with Crippen LogP contribution < -0.4 is 4.74 Å². The molecule has 0 radical (unpaired) electrons. The van der Waals surface area contributed by atoms with Gasteiger partial charge in [-0.25, -0.2) is 4.39 Å². The Hall–Kier alpha value is -2.57. The number of alkyl halides is 3. The maximum absolute atomic E-state index is 14.0. The molecule has 0 aliphatic heterocycles.